The molecule has 0 radical (unpaired) electrons. The number of methoxy groups -OCH3 is 1. The Balaban J connectivity index is 2.12. The second-order valence-corrected chi connectivity index (χ2v) is 6.27. The van der Waals surface area contributed by atoms with Crippen LogP contribution in [0.1, 0.15) is 42.6 Å². The average molecular weight is 277 g/mol. The Hall–Kier alpha value is -1.55. The van der Waals surface area contributed by atoms with Crippen LogP contribution in [0, 0.1) is 5.41 Å². The number of carboxylic acids is 1. The molecule has 1 aliphatic rings. The van der Waals surface area contributed by atoms with Gasteiger partial charge >= 0.3 is 5.97 Å². The molecule has 110 valence electrons. The van der Waals surface area contributed by atoms with E-state index in [1.807, 2.05) is 0 Å². The number of carbonyl (C=O) groups is 1. The van der Waals surface area contributed by atoms with E-state index in [2.05, 4.69) is 18.7 Å². The number of hydrogen-bond donors (Lipinski definition) is 1. The molecular weight excluding hydrogens is 254 g/mol. The first-order chi connectivity index (χ1) is 9.41. The lowest BCUT2D eigenvalue weighted by molar-refractivity contribution is 0.0696. The SMILES string of the molecule is COc1ccc(C(=O)O)cc1CN1CCC(C)(C)CC1. The number of nitrogens with zero attached hydrogens (tertiary/aromatic N) is 1. The lowest BCUT2D eigenvalue weighted by Crippen LogP contribution is -2.36. The summed E-state index contributed by atoms with van der Waals surface area (Å²) in [5, 5.41) is 9.09. The van der Waals surface area contributed by atoms with Gasteiger partial charge in [0.15, 0.2) is 0 Å². The fraction of sp³-hybridized carbons (Fsp3) is 0.562. The lowest BCUT2D eigenvalue weighted by atomic mass is 9.82. The van der Waals surface area contributed by atoms with Gasteiger partial charge < -0.3 is 9.84 Å². The zero-order valence-corrected chi connectivity index (χ0v) is 12.5. The van der Waals surface area contributed by atoms with Crippen molar-refractivity contribution in [3.05, 3.63) is 29.3 Å². The van der Waals surface area contributed by atoms with Crippen LogP contribution in [0.15, 0.2) is 18.2 Å². The van der Waals surface area contributed by atoms with E-state index in [0.29, 0.717) is 11.0 Å². The second kappa shape index (κ2) is 5.83. The molecule has 0 amide bonds. The molecular formula is C16H23NO3. The molecule has 0 aromatic heterocycles. The molecule has 0 unspecified atom stereocenters. The van der Waals surface area contributed by atoms with E-state index in [1.165, 1.54) is 12.8 Å². The van der Waals surface area contributed by atoms with Crippen molar-refractivity contribution in [3.8, 4) is 5.75 Å². The molecule has 0 atom stereocenters. The van der Waals surface area contributed by atoms with Gasteiger partial charge in [0, 0.05) is 12.1 Å². The number of ether oxygens (including phenoxy) is 1. The van der Waals surface area contributed by atoms with Crippen LogP contribution in [0.4, 0.5) is 0 Å². The highest BCUT2D eigenvalue weighted by molar-refractivity contribution is 5.88. The molecule has 0 saturated carbocycles. The van der Waals surface area contributed by atoms with E-state index in [1.54, 1.807) is 25.3 Å². The van der Waals surface area contributed by atoms with Crippen LogP contribution >= 0.6 is 0 Å². The Labute approximate surface area is 120 Å². The molecule has 1 N–H and O–H groups in total. The van der Waals surface area contributed by atoms with Crippen molar-refractivity contribution in [3.63, 3.8) is 0 Å². The van der Waals surface area contributed by atoms with Crippen molar-refractivity contribution >= 4 is 5.97 Å². The van der Waals surface area contributed by atoms with Crippen molar-refractivity contribution in [1.82, 2.24) is 4.90 Å². The van der Waals surface area contributed by atoms with Gasteiger partial charge in [0.2, 0.25) is 0 Å². The Morgan fingerprint density at radius 1 is 1.35 bits per heavy atom. The van der Waals surface area contributed by atoms with Crippen molar-refractivity contribution in [2.75, 3.05) is 20.2 Å². The second-order valence-electron chi connectivity index (χ2n) is 6.27. The summed E-state index contributed by atoms with van der Waals surface area (Å²) >= 11 is 0. The predicted octanol–water partition coefficient (Wildman–Crippen LogP) is 3.02. The summed E-state index contributed by atoms with van der Waals surface area (Å²) in [6.07, 6.45) is 2.35. The molecule has 1 aromatic carbocycles. The minimum Gasteiger partial charge on any atom is -0.496 e. The van der Waals surface area contributed by atoms with E-state index in [-0.39, 0.29) is 0 Å². The molecule has 1 aromatic rings. The highest BCUT2D eigenvalue weighted by atomic mass is 16.5. The zero-order chi connectivity index (χ0) is 14.8. The number of piperidine rings is 1. The average Bonchev–Trinajstić information content (AvgIpc) is 2.41. The van der Waals surface area contributed by atoms with E-state index in [4.69, 9.17) is 9.84 Å². The molecule has 0 bridgehead atoms. The maximum Gasteiger partial charge on any atom is 0.335 e. The summed E-state index contributed by atoms with van der Waals surface area (Å²) in [4.78, 5) is 13.4. The lowest BCUT2D eigenvalue weighted by Gasteiger charge is -2.37. The molecule has 1 saturated heterocycles. The predicted molar refractivity (Wildman–Crippen MR) is 78.2 cm³/mol. The summed E-state index contributed by atoms with van der Waals surface area (Å²) in [5.41, 5.74) is 1.69. The Morgan fingerprint density at radius 3 is 2.55 bits per heavy atom. The first-order valence-corrected chi connectivity index (χ1v) is 7.04. The van der Waals surface area contributed by atoms with Gasteiger partial charge in [0.25, 0.3) is 0 Å². The molecule has 2 rings (SSSR count). The topological polar surface area (TPSA) is 49.8 Å². The number of aromatic carboxylic acids is 1. The third-order valence-electron chi connectivity index (χ3n) is 4.13. The molecule has 1 aliphatic heterocycles. The van der Waals surface area contributed by atoms with Crippen LogP contribution in [0.3, 0.4) is 0 Å². The third kappa shape index (κ3) is 3.51. The molecule has 4 heteroatoms. The van der Waals surface area contributed by atoms with Crippen molar-refractivity contribution in [2.24, 2.45) is 5.41 Å². The smallest absolute Gasteiger partial charge is 0.335 e. The van der Waals surface area contributed by atoms with Gasteiger partial charge in [-0.25, -0.2) is 4.79 Å². The Kier molecular flexibility index (Phi) is 4.33. The maximum absolute atomic E-state index is 11.1. The summed E-state index contributed by atoms with van der Waals surface area (Å²) < 4.78 is 5.34. The van der Waals surface area contributed by atoms with Gasteiger partial charge in [-0.1, -0.05) is 13.8 Å². The minimum absolute atomic E-state index is 0.318. The van der Waals surface area contributed by atoms with E-state index in [0.717, 1.165) is 30.9 Å². The fourth-order valence-electron chi connectivity index (χ4n) is 2.59. The zero-order valence-electron chi connectivity index (χ0n) is 12.5. The van der Waals surface area contributed by atoms with Crippen LogP contribution in [-0.2, 0) is 6.54 Å². The van der Waals surface area contributed by atoms with Crippen molar-refractivity contribution in [1.29, 1.82) is 0 Å². The number of hydrogen-bond acceptors (Lipinski definition) is 3. The van der Waals surface area contributed by atoms with Crippen LogP contribution in [0.2, 0.25) is 0 Å². The summed E-state index contributed by atoms with van der Waals surface area (Å²) in [5.74, 6) is -0.131. The normalized spacial score (nSPS) is 18.8. The van der Waals surface area contributed by atoms with Crippen molar-refractivity contribution in [2.45, 2.75) is 33.2 Å². The largest absolute Gasteiger partial charge is 0.496 e. The first kappa shape index (κ1) is 14.9. The summed E-state index contributed by atoms with van der Waals surface area (Å²) in [7, 11) is 1.62. The third-order valence-corrected chi connectivity index (χ3v) is 4.13. The van der Waals surface area contributed by atoms with Crippen LogP contribution in [-0.4, -0.2) is 36.2 Å². The summed E-state index contributed by atoms with van der Waals surface area (Å²) in [6, 6.07) is 5.05. The minimum atomic E-state index is -0.895. The standard InChI is InChI=1S/C16H23NO3/c1-16(2)6-8-17(9-7-16)11-13-10-12(15(18)19)4-5-14(13)20-3/h4-5,10H,6-9,11H2,1-3H3,(H,18,19). The summed E-state index contributed by atoms with van der Waals surface area (Å²) in [6.45, 7) is 7.45. The molecule has 1 fully saturated rings. The molecule has 20 heavy (non-hydrogen) atoms. The number of likely N-dealkylation sites (tertiary alicyclic amines) is 1. The number of rotatable bonds is 4. The Bertz CT molecular complexity index is 486. The van der Waals surface area contributed by atoms with E-state index >= 15 is 0 Å². The highest BCUT2D eigenvalue weighted by Crippen LogP contribution is 2.31. The molecule has 4 nitrogen and oxygen atoms in total. The Morgan fingerprint density at radius 2 is 2.00 bits per heavy atom. The van der Waals surface area contributed by atoms with Crippen LogP contribution in [0.5, 0.6) is 5.75 Å². The number of carboxylic acid groups (broad SMARTS) is 1. The van der Waals surface area contributed by atoms with Gasteiger partial charge in [0.05, 0.1) is 12.7 Å². The highest BCUT2D eigenvalue weighted by Gasteiger charge is 2.25. The van der Waals surface area contributed by atoms with Crippen molar-refractivity contribution < 1.29 is 14.6 Å². The van der Waals surface area contributed by atoms with Gasteiger partial charge in [0.1, 0.15) is 5.75 Å². The molecule has 0 aliphatic carbocycles. The maximum atomic E-state index is 11.1. The van der Waals surface area contributed by atoms with Crippen LogP contribution in [0.25, 0.3) is 0 Å². The first-order valence-electron chi connectivity index (χ1n) is 7.04. The molecule has 1 heterocycles. The van der Waals surface area contributed by atoms with Gasteiger partial charge in [-0.05, 0) is 49.5 Å². The van der Waals surface area contributed by atoms with Gasteiger partial charge in [-0.3, -0.25) is 4.90 Å². The number of benzene rings is 1. The molecule has 0 spiro atoms. The van der Waals surface area contributed by atoms with Gasteiger partial charge in [-0.2, -0.15) is 0 Å². The van der Waals surface area contributed by atoms with Crippen LogP contribution < -0.4 is 4.74 Å². The monoisotopic (exact) mass is 277 g/mol. The quantitative estimate of drug-likeness (QED) is 0.919. The van der Waals surface area contributed by atoms with Gasteiger partial charge in [-0.15, -0.1) is 0 Å². The fourth-order valence-corrected chi connectivity index (χ4v) is 2.59. The van der Waals surface area contributed by atoms with E-state index < -0.39 is 5.97 Å². The van der Waals surface area contributed by atoms with E-state index in [9.17, 15) is 4.79 Å².